The van der Waals surface area contributed by atoms with Crippen LogP contribution in [0, 0.1) is 11.3 Å². The fourth-order valence-electron chi connectivity index (χ4n) is 1.55. The first kappa shape index (κ1) is 14.2. The van der Waals surface area contributed by atoms with Crippen molar-refractivity contribution in [3.8, 4) is 11.8 Å². The van der Waals surface area contributed by atoms with E-state index in [0.29, 0.717) is 5.02 Å². The first-order chi connectivity index (χ1) is 9.42. The fraction of sp³-hybridized carbons (Fsp3) is 0. The Labute approximate surface area is 121 Å². The molecule has 0 spiro atoms. The third kappa shape index (κ3) is 3.02. The van der Waals surface area contributed by atoms with Crippen molar-refractivity contribution in [2.45, 2.75) is 4.90 Å². The van der Waals surface area contributed by atoms with E-state index in [1.165, 1.54) is 36.4 Å². The van der Waals surface area contributed by atoms with Crippen molar-refractivity contribution in [3.05, 3.63) is 53.1 Å². The van der Waals surface area contributed by atoms with Crippen LogP contribution in [-0.4, -0.2) is 13.5 Å². The van der Waals surface area contributed by atoms with Crippen molar-refractivity contribution >= 4 is 27.3 Å². The van der Waals surface area contributed by atoms with Gasteiger partial charge in [0.15, 0.2) is 0 Å². The maximum Gasteiger partial charge on any atom is 0.262 e. The van der Waals surface area contributed by atoms with Crippen LogP contribution in [0.4, 0.5) is 5.69 Å². The Morgan fingerprint density at radius 1 is 1.20 bits per heavy atom. The molecular weight excluding hydrogens is 300 g/mol. The Hall–Kier alpha value is -2.23. The molecule has 0 saturated heterocycles. The number of nitriles is 1. The van der Waals surface area contributed by atoms with Crippen LogP contribution in [0.25, 0.3) is 0 Å². The van der Waals surface area contributed by atoms with Gasteiger partial charge in [-0.15, -0.1) is 0 Å². The normalized spacial score (nSPS) is 10.8. The molecule has 0 fully saturated rings. The lowest BCUT2D eigenvalue weighted by Gasteiger charge is -2.10. The molecule has 7 heteroatoms. The van der Waals surface area contributed by atoms with Crippen LogP contribution in [0.3, 0.4) is 0 Å². The smallest absolute Gasteiger partial charge is 0.262 e. The number of nitrogens with one attached hydrogen (secondary N) is 1. The highest BCUT2D eigenvalue weighted by atomic mass is 35.5. The molecule has 0 saturated carbocycles. The molecule has 0 unspecified atom stereocenters. The van der Waals surface area contributed by atoms with Gasteiger partial charge in [-0.1, -0.05) is 17.7 Å². The van der Waals surface area contributed by atoms with Crippen LogP contribution in [0.2, 0.25) is 5.02 Å². The summed E-state index contributed by atoms with van der Waals surface area (Å²) < 4.78 is 26.6. The quantitative estimate of drug-likeness (QED) is 0.912. The summed E-state index contributed by atoms with van der Waals surface area (Å²) in [7, 11) is -3.90. The van der Waals surface area contributed by atoms with Crippen LogP contribution in [-0.2, 0) is 10.0 Å². The van der Waals surface area contributed by atoms with E-state index in [0.717, 1.165) is 6.07 Å². The van der Waals surface area contributed by atoms with Crippen LogP contribution in [0.15, 0.2) is 47.4 Å². The van der Waals surface area contributed by atoms with Crippen LogP contribution >= 0.6 is 11.6 Å². The Morgan fingerprint density at radius 3 is 2.60 bits per heavy atom. The van der Waals surface area contributed by atoms with Crippen LogP contribution < -0.4 is 4.72 Å². The van der Waals surface area contributed by atoms with E-state index < -0.39 is 10.0 Å². The molecule has 2 rings (SSSR count). The van der Waals surface area contributed by atoms with Gasteiger partial charge in [0.05, 0.1) is 16.1 Å². The van der Waals surface area contributed by atoms with Gasteiger partial charge < -0.3 is 5.11 Å². The van der Waals surface area contributed by atoms with Crippen molar-refractivity contribution in [1.82, 2.24) is 0 Å². The van der Waals surface area contributed by atoms with Crippen LogP contribution in [0.1, 0.15) is 5.56 Å². The Balaban J connectivity index is 2.44. The SMILES string of the molecule is N#Cc1ccc(Cl)cc1NS(=O)(=O)c1cccc(O)c1. The van der Waals surface area contributed by atoms with Crippen molar-refractivity contribution in [2.24, 2.45) is 0 Å². The highest BCUT2D eigenvalue weighted by molar-refractivity contribution is 7.92. The second-order valence-electron chi connectivity index (χ2n) is 3.90. The second kappa shape index (κ2) is 5.41. The number of phenols is 1. The lowest BCUT2D eigenvalue weighted by Crippen LogP contribution is -2.13. The van der Waals surface area contributed by atoms with Crippen molar-refractivity contribution in [2.75, 3.05) is 4.72 Å². The first-order valence-electron chi connectivity index (χ1n) is 5.44. The highest BCUT2D eigenvalue weighted by Crippen LogP contribution is 2.24. The summed E-state index contributed by atoms with van der Waals surface area (Å²) in [4.78, 5) is -0.110. The van der Waals surface area contributed by atoms with E-state index in [1.807, 2.05) is 6.07 Å². The lowest BCUT2D eigenvalue weighted by molar-refractivity contribution is 0.473. The van der Waals surface area contributed by atoms with Gasteiger partial charge in [0.25, 0.3) is 10.0 Å². The van der Waals surface area contributed by atoms with E-state index >= 15 is 0 Å². The summed E-state index contributed by atoms with van der Waals surface area (Å²) in [5.74, 6) is -0.167. The highest BCUT2D eigenvalue weighted by Gasteiger charge is 2.16. The molecule has 0 heterocycles. The lowest BCUT2D eigenvalue weighted by atomic mass is 10.2. The number of rotatable bonds is 3. The van der Waals surface area contributed by atoms with E-state index in [-0.39, 0.29) is 21.9 Å². The minimum absolute atomic E-state index is 0.0864. The van der Waals surface area contributed by atoms with E-state index in [4.69, 9.17) is 16.9 Å². The van der Waals surface area contributed by atoms with Gasteiger partial charge in [0, 0.05) is 11.1 Å². The molecule has 0 atom stereocenters. The number of nitrogens with zero attached hydrogens (tertiary/aromatic N) is 1. The van der Waals surface area contributed by atoms with Gasteiger partial charge in [0.2, 0.25) is 0 Å². The number of hydrogen-bond donors (Lipinski definition) is 2. The Bertz CT molecular complexity index is 798. The monoisotopic (exact) mass is 308 g/mol. The number of halogens is 1. The van der Waals surface area contributed by atoms with E-state index in [9.17, 15) is 13.5 Å². The van der Waals surface area contributed by atoms with Gasteiger partial charge in [0.1, 0.15) is 11.8 Å². The summed E-state index contributed by atoms with van der Waals surface area (Å²) in [5.41, 5.74) is 0.237. The molecule has 20 heavy (non-hydrogen) atoms. The first-order valence-corrected chi connectivity index (χ1v) is 7.30. The molecule has 0 aliphatic heterocycles. The number of hydrogen-bond acceptors (Lipinski definition) is 4. The molecule has 0 aromatic heterocycles. The topological polar surface area (TPSA) is 90.2 Å². The third-order valence-electron chi connectivity index (χ3n) is 2.47. The largest absolute Gasteiger partial charge is 0.508 e. The summed E-state index contributed by atoms with van der Waals surface area (Å²) >= 11 is 5.79. The van der Waals surface area contributed by atoms with Gasteiger partial charge in [-0.05, 0) is 30.3 Å². The standard InChI is InChI=1S/C13H9ClN2O3S/c14-10-5-4-9(8-15)13(6-10)16-20(18,19)12-3-1-2-11(17)7-12/h1-7,16-17H. The maximum atomic E-state index is 12.2. The number of anilines is 1. The second-order valence-corrected chi connectivity index (χ2v) is 6.02. The molecule has 5 nitrogen and oxygen atoms in total. The van der Waals surface area contributed by atoms with Gasteiger partial charge in [-0.3, -0.25) is 4.72 Å². The van der Waals surface area contributed by atoms with Crippen molar-refractivity contribution in [1.29, 1.82) is 5.26 Å². The maximum absolute atomic E-state index is 12.2. The number of benzene rings is 2. The molecule has 2 aromatic carbocycles. The molecule has 0 aliphatic rings. The fourth-order valence-corrected chi connectivity index (χ4v) is 2.83. The minimum atomic E-state index is -3.90. The zero-order valence-electron chi connectivity index (χ0n) is 10.0. The Kier molecular flexibility index (Phi) is 3.84. The Morgan fingerprint density at radius 2 is 1.95 bits per heavy atom. The average molecular weight is 309 g/mol. The van der Waals surface area contributed by atoms with Gasteiger partial charge in [-0.2, -0.15) is 5.26 Å². The zero-order valence-corrected chi connectivity index (χ0v) is 11.6. The number of sulfonamides is 1. The summed E-state index contributed by atoms with van der Waals surface area (Å²) in [6.07, 6.45) is 0. The van der Waals surface area contributed by atoms with E-state index in [1.54, 1.807) is 0 Å². The van der Waals surface area contributed by atoms with Crippen molar-refractivity contribution < 1.29 is 13.5 Å². The molecule has 2 aromatic rings. The molecule has 0 amide bonds. The molecular formula is C13H9ClN2O3S. The minimum Gasteiger partial charge on any atom is -0.508 e. The zero-order chi connectivity index (χ0) is 14.8. The average Bonchev–Trinajstić information content (AvgIpc) is 2.38. The summed E-state index contributed by atoms with van der Waals surface area (Å²) in [6.45, 7) is 0. The predicted octanol–water partition coefficient (Wildman–Crippen LogP) is 2.72. The van der Waals surface area contributed by atoms with Crippen molar-refractivity contribution in [3.63, 3.8) is 0 Å². The molecule has 0 radical (unpaired) electrons. The van der Waals surface area contributed by atoms with Crippen LogP contribution in [0.5, 0.6) is 5.75 Å². The summed E-state index contributed by atoms with van der Waals surface area (Å²) in [5, 5.41) is 18.6. The van der Waals surface area contributed by atoms with Gasteiger partial charge in [-0.25, -0.2) is 8.42 Å². The number of phenolic OH excluding ortho intramolecular Hbond substituents is 1. The molecule has 0 bridgehead atoms. The summed E-state index contributed by atoms with van der Waals surface area (Å²) in [6, 6.07) is 11.3. The predicted molar refractivity (Wildman–Crippen MR) is 75.1 cm³/mol. The molecule has 2 N–H and O–H groups in total. The van der Waals surface area contributed by atoms with Gasteiger partial charge >= 0.3 is 0 Å². The molecule has 102 valence electrons. The molecule has 0 aliphatic carbocycles. The third-order valence-corrected chi connectivity index (χ3v) is 4.07. The van der Waals surface area contributed by atoms with E-state index in [2.05, 4.69) is 4.72 Å². The number of aromatic hydroxyl groups is 1.